The fourth-order valence-corrected chi connectivity index (χ4v) is 2.35. The molecule has 1 unspecified atom stereocenters. The number of rotatable bonds is 5. The molecule has 1 atom stereocenters. The van der Waals surface area contributed by atoms with Crippen LogP contribution < -0.4 is 5.32 Å². The third-order valence-electron chi connectivity index (χ3n) is 3.07. The van der Waals surface area contributed by atoms with Gasteiger partial charge in [0, 0.05) is 28.7 Å². The predicted molar refractivity (Wildman–Crippen MR) is 84.3 cm³/mol. The second-order valence-corrected chi connectivity index (χ2v) is 5.46. The Morgan fingerprint density at radius 2 is 1.86 bits per heavy atom. The molecule has 0 spiro atoms. The van der Waals surface area contributed by atoms with E-state index >= 15 is 0 Å². The molecule has 0 radical (unpaired) electrons. The minimum atomic E-state index is -0.727. The first-order valence-electron chi connectivity index (χ1n) is 6.43. The van der Waals surface area contributed by atoms with Gasteiger partial charge in [-0.1, -0.05) is 35.3 Å². The van der Waals surface area contributed by atoms with Crippen molar-refractivity contribution >= 4 is 23.2 Å². The molecular weight excluding hydrogens is 307 g/mol. The predicted octanol–water partition coefficient (Wildman–Crippen LogP) is 3.69. The van der Waals surface area contributed by atoms with Crippen LogP contribution in [0.2, 0.25) is 10.0 Å². The van der Waals surface area contributed by atoms with Gasteiger partial charge in [0.2, 0.25) is 0 Å². The first-order chi connectivity index (χ1) is 10.1. The van der Waals surface area contributed by atoms with Gasteiger partial charge in [-0.25, -0.2) is 0 Å². The summed E-state index contributed by atoms with van der Waals surface area (Å²) < 4.78 is 0. The SMILES string of the molecule is N#Cc1ccc(CNCC(O)c2cc(Cl)ccc2Cl)cc1. The fourth-order valence-electron chi connectivity index (χ4n) is 1.93. The average Bonchev–Trinajstić information content (AvgIpc) is 2.50. The standard InChI is InChI=1S/C16H14Cl2N2O/c17-13-5-6-15(18)14(7-13)16(21)10-20-9-12-3-1-11(8-19)2-4-12/h1-7,16,20-21H,9-10H2. The Morgan fingerprint density at radius 1 is 1.14 bits per heavy atom. The van der Waals surface area contributed by atoms with E-state index in [-0.39, 0.29) is 0 Å². The van der Waals surface area contributed by atoms with Crippen LogP contribution in [-0.4, -0.2) is 11.7 Å². The molecule has 0 aromatic heterocycles. The number of nitrogens with one attached hydrogen (secondary N) is 1. The van der Waals surface area contributed by atoms with Crippen molar-refractivity contribution < 1.29 is 5.11 Å². The number of aliphatic hydroxyl groups excluding tert-OH is 1. The van der Waals surface area contributed by atoms with Crippen LogP contribution in [0.1, 0.15) is 22.8 Å². The Morgan fingerprint density at radius 3 is 2.52 bits per heavy atom. The van der Waals surface area contributed by atoms with Crippen molar-refractivity contribution in [1.82, 2.24) is 5.32 Å². The summed E-state index contributed by atoms with van der Waals surface area (Å²) in [5, 5.41) is 23.1. The molecular formula is C16H14Cl2N2O. The van der Waals surface area contributed by atoms with Crippen LogP contribution in [0.3, 0.4) is 0 Å². The monoisotopic (exact) mass is 320 g/mol. The van der Waals surface area contributed by atoms with E-state index in [2.05, 4.69) is 11.4 Å². The Hall–Kier alpha value is -1.57. The van der Waals surface area contributed by atoms with Crippen LogP contribution in [-0.2, 0) is 6.54 Å². The van der Waals surface area contributed by atoms with Gasteiger partial charge in [-0.05, 0) is 35.9 Å². The molecule has 2 N–H and O–H groups in total. The molecule has 108 valence electrons. The summed E-state index contributed by atoms with van der Waals surface area (Å²) in [5.74, 6) is 0. The highest BCUT2D eigenvalue weighted by Crippen LogP contribution is 2.26. The Balaban J connectivity index is 1.90. The first kappa shape index (κ1) is 15.8. The normalized spacial score (nSPS) is 11.9. The Kier molecular flexibility index (Phi) is 5.60. The van der Waals surface area contributed by atoms with E-state index in [0.717, 1.165) is 5.56 Å². The largest absolute Gasteiger partial charge is 0.387 e. The molecule has 0 aliphatic rings. The number of nitriles is 1. The molecule has 0 heterocycles. The lowest BCUT2D eigenvalue weighted by molar-refractivity contribution is 0.174. The van der Waals surface area contributed by atoms with Gasteiger partial charge in [-0.15, -0.1) is 0 Å². The van der Waals surface area contributed by atoms with Crippen LogP contribution in [0, 0.1) is 11.3 Å². The average molecular weight is 321 g/mol. The van der Waals surface area contributed by atoms with E-state index in [4.69, 9.17) is 28.5 Å². The molecule has 0 saturated heterocycles. The lowest BCUT2D eigenvalue weighted by atomic mass is 10.1. The minimum Gasteiger partial charge on any atom is -0.387 e. The third kappa shape index (κ3) is 4.45. The van der Waals surface area contributed by atoms with Crippen molar-refractivity contribution in [1.29, 1.82) is 5.26 Å². The fraction of sp³-hybridized carbons (Fsp3) is 0.188. The molecule has 2 aromatic rings. The molecule has 3 nitrogen and oxygen atoms in total. The number of aliphatic hydroxyl groups is 1. The molecule has 21 heavy (non-hydrogen) atoms. The smallest absolute Gasteiger partial charge is 0.0991 e. The van der Waals surface area contributed by atoms with Gasteiger partial charge < -0.3 is 10.4 Å². The molecule has 0 fully saturated rings. The van der Waals surface area contributed by atoms with Crippen molar-refractivity contribution in [3.05, 3.63) is 69.2 Å². The molecule has 5 heteroatoms. The Labute approximate surface area is 133 Å². The summed E-state index contributed by atoms with van der Waals surface area (Å²) in [5.41, 5.74) is 2.28. The van der Waals surface area contributed by atoms with E-state index in [9.17, 15) is 5.11 Å². The second kappa shape index (κ2) is 7.44. The van der Waals surface area contributed by atoms with E-state index < -0.39 is 6.10 Å². The molecule has 0 bridgehead atoms. The van der Waals surface area contributed by atoms with Gasteiger partial charge in [0.25, 0.3) is 0 Å². The maximum Gasteiger partial charge on any atom is 0.0991 e. The van der Waals surface area contributed by atoms with E-state index in [0.29, 0.717) is 34.3 Å². The molecule has 0 aliphatic heterocycles. The highest BCUT2D eigenvalue weighted by molar-refractivity contribution is 6.33. The molecule has 0 saturated carbocycles. The van der Waals surface area contributed by atoms with Crippen LogP contribution in [0.15, 0.2) is 42.5 Å². The number of hydrogen-bond donors (Lipinski definition) is 2. The van der Waals surface area contributed by atoms with Crippen molar-refractivity contribution in [2.24, 2.45) is 0 Å². The molecule has 2 aromatic carbocycles. The van der Waals surface area contributed by atoms with Gasteiger partial charge in [-0.2, -0.15) is 5.26 Å². The minimum absolute atomic E-state index is 0.361. The highest BCUT2D eigenvalue weighted by atomic mass is 35.5. The van der Waals surface area contributed by atoms with Crippen molar-refractivity contribution in [3.8, 4) is 6.07 Å². The van der Waals surface area contributed by atoms with E-state index in [1.807, 2.05) is 12.1 Å². The maximum absolute atomic E-state index is 10.1. The molecule has 2 rings (SSSR count). The number of halogens is 2. The summed E-state index contributed by atoms with van der Waals surface area (Å²) in [7, 11) is 0. The number of hydrogen-bond acceptors (Lipinski definition) is 3. The summed E-state index contributed by atoms with van der Waals surface area (Å²) in [6, 6.07) is 14.4. The van der Waals surface area contributed by atoms with Gasteiger partial charge in [0.15, 0.2) is 0 Å². The van der Waals surface area contributed by atoms with Crippen LogP contribution in [0.25, 0.3) is 0 Å². The van der Waals surface area contributed by atoms with Gasteiger partial charge >= 0.3 is 0 Å². The number of benzene rings is 2. The highest BCUT2D eigenvalue weighted by Gasteiger charge is 2.11. The number of nitrogens with zero attached hydrogens (tertiary/aromatic N) is 1. The van der Waals surface area contributed by atoms with Crippen molar-refractivity contribution in [3.63, 3.8) is 0 Å². The van der Waals surface area contributed by atoms with Crippen LogP contribution in [0.4, 0.5) is 0 Å². The zero-order valence-corrected chi connectivity index (χ0v) is 12.7. The van der Waals surface area contributed by atoms with E-state index in [1.165, 1.54) is 0 Å². The van der Waals surface area contributed by atoms with Crippen LogP contribution in [0.5, 0.6) is 0 Å². The van der Waals surface area contributed by atoms with Crippen molar-refractivity contribution in [2.45, 2.75) is 12.6 Å². The lowest BCUT2D eigenvalue weighted by Gasteiger charge is -2.14. The molecule has 0 aliphatic carbocycles. The van der Waals surface area contributed by atoms with Gasteiger partial charge in [0.05, 0.1) is 17.7 Å². The molecule has 0 amide bonds. The van der Waals surface area contributed by atoms with Crippen molar-refractivity contribution in [2.75, 3.05) is 6.54 Å². The quantitative estimate of drug-likeness (QED) is 0.883. The lowest BCUT2D eigenvalue weighted by Crippen LogP contribution is -2.21. The third-order valence-corrected chi connectivity index (χ3v) is 3.65. The maximum atomic E-state index is 10.1. The van der Waals surface area contributed by atoms with Crippen LogP contribution >= 0.6 is 23.2 Å². The first-order valence-corrected chi connectivity index (χ1v) is 7.18. The summed E-state index contributed by atoms with van der Waals surface area (Å²) in [4.78, 5) is 0. The summed E-state index contributed by atoms with van der Waals surface area (Å²) in [6.07, 6.45) is -0.727. The second-order valence-electron chi connectivity index (χ2n) is 4.62. The van der Waals surface area contributed by atoms with E-state index in [1.54, 1.807) is 30.3 Å². The topological polar surface area (TPSA) is 56.0 Å². The Bertz CT molecular complexity index is 650. The zero-order chi connectivity index (χ0) is 15.2. The van der Waals surface area contributed by atoms with Gasteiger partial charge in [-0.3, -0.25) is 0 Å². The zero-order valence-electron chi connectivity index (χ0n) is 11.2. The van der Waals surface area contributed by atoms with Gasteiger partial charge in [0.1, 0.15) is 0 Å². The summed E-state index contributed by atoms with van der Waals surface area (Å²) in [6.45, 7) is 0.959. The summed E-state index contributed by atoms with van der Waals surface area (Å²) >= 11 is 11.9.